The average Bonchev–Trinajstić information content (AvgIpc) is 2.97. The van der Waals surface area contributed by atoms with Crippen LogP contribution in [0.25, 0.3) is 5.69 Å². The van der Waals surface area contributed by atoms with E-state index in [0.717, 1.165) is 28.8 Å². The third kappa shape index (κ3) is 3.29. The molecule has 2 aromatic heterocycles. The van der Waals surface area contributed by atoms with Gasteiger partial charge < -0.3 is 5.73 Å². The molecule has 0 unspecified atom stereocenters. The second-order valence-electron chi connectivity index (χ2n) is 6.19. The molecule has 1 aromatic carbocycles. The van der Waals surface area contributed by atoms with Crippen LogP contribution in [0.4, 0.5) is 5.82 Å². The van der Waals surface area contributed by atoms with Gasteiger partial charge in [-0.1, -0.05) is 6.07 Å². The van der Waals surface area contributed by atoms with Crippen LogP contribution in [-0.2, 0) is 6.42 Å². The van der Waals surface area contributed by atoms with Gasteiger partial charge in [0.1, 0.15) is 5.82 Å². The van der Waals surface area contributed by atoms with Crippen molar-refractivity contribution in [2.24, 2.45) is 0 Å². The number of thioether (sulfide) groups is 1. The van der Waals surface area contributed by atoms with Crippen LogP contribution in [0.1, 0.15) is 26.4 Å². The van der Waals surface area contributed by atoms with Crippen LogP contribution in [0.2, 0.25) is 0 Å². The molecule has 4 rings (SSSR count). The van der Waals surface area contributed by atoms with E-state index in [0.29, 0.717) is 5.69 Å². The van der Waals surface area contributed by atoms with E-state index < -0.39 is 17.4 Å². The van der Waals surface area contributed by atoms with Crippen LogP contribution < -0.4 is 16.6 Å². The summed E-state index contributed by atoms with van der Waals surface area (Å²) in [5, 5.41) is 2.16. The van der Waals surface area contributed by atoms with Crippen molar-refractivity contribution < 1.29 is 9.59 Å². The van der Waals surface area contributed by atoms with E-state index in [9.17, 15) is 14.4 Å². The molecule has 0 spiro atoms. The second kappa shape index (κ2) is 7.32. The van der Waals surface area contributed by atoms with Crippen LogP contribution in [0, 0.1) is 0 Å². The summed E-state index contributed by atoms with van der Waals surface area (Å²) in [7, 11) is 0. The summed E-state index contributed by atoms with van der Waals surface area (Å²) < 4.78 is 1.24. The molecule has 0 atom stereocenters. The molecular weight excluding hydrogens is 376 g/mol. The SMILES string of the molecule is Nc1c2c(cc(=O)n1-c1ccc(SCCc3ccccn3)cc1)C(=O)NC2=O. The highest BCUT2D eigenvalue weighted by atomic mass is 32.2. The molecule has 3 N–H and O–H groups in total. The number of carbonyl (C=O) groups excluding carboxylic acids is 2. The summed E-state index contributed by atoms with van der Waals surface area (Å²) in [6, 6.07) is 14.3. The summed E-state index contributed by atoms with van der Waals surface area (Å²) in [4.78, 5) is 41.5. The first-order valence-electron chi connectivity index (χ1n) is 8.59. The number of carbonyl (C=O) groups is 2. The number of benzene rings is 1. The third-order valence-electron chi connectivity index (χ3n) is 4.40. The molecule has 2 amide bonds. The van der Waals surface area contributed by atoms with E-state index >= 15 is 0 Å². The van der Waals surface area contributed by atoms with Gasteiger partial charge in [0.25, 0.3) is 17.4 Å². The minimum atomic E-state index is -0.601. The number of amides is 2. The lowest BCUT2D eigenvalue weighted by Crippen LogP contribution is -2.24. The fourth-order valence-electron chi connectivity index (χ4n) is 3.06. The van der Waals surface area contributed by atoms with E-state index in [-0.39, 0.29) is 16.9 Å². The zero-order chi connectivity index (χ0) is 19.7. The Morgan fingerprint density at radius 3 is 2.54 bits per heavy atom. The Hall–Kier alpha value is -3.39. The van der Waals surface area contributed by atoms with Crippen molar-refractivity contribution >= 4 is 29.4 Å². The highest BCUT2D eigenvalue weighted by Crippen LogP contribution is 2.25. The Morgan fingerprint density at radius 2 is 1.82 bits per heavy atom. The molecule has 140 valence electrons. The highest BCUT2D eigenvalue weighted by molar-refractivity contribution is 7.99. The lowest BCUT2D eigenvalue weighted by Gasteiger charge is -2.12. The molecule has 28 heavy (non-hydrogen) atoms. The zero-order valence-corrected chi connectivity index (χ0v) is 15.5. The summed E-state index contributed by atoms with van der Waals surface area (Å²) in [6.07, 6.45) is 2.63. The van der Waals surface area contributed by atoms with Gasteiger partial charge in [0.15, 0.2) is 0 Å². The standard InChI is InChI=1S/C20H16N4O3S/c21-18-17-15(19(26)23-20(17)27)11-16(25)24(18)13-4-6-14(7-5-13)28-10-8-12-3-1-2-9-22-12/h1-7,9,11H,8,10,21H2,(H,23,26,27). The van der Waals surface area contributed by atoms with Crippen molar-refractivity contribution in [2.45, 2.75) is 11.3 Å². The van der Waals surface area contributed by atoms with Crippen LogP contribution in [0.5, 0.6) is 0 Å². The lowest BCUT2D eigenvalue weighted by molar-refractivity contribution is 0.0880. The summed E-state index contributed by atoms with van der Waals surface area (Å²) in [6.45, 7) is 0. The van der Waals surface area contributed by atoms with Crippen LogP contribution in [-0.4, -0.2) is 27.1 Å². The van der Waals surface area contributed by atoms with Gasteiger partial charge in [-0.25, -0.2) is 0 Å². The lowest BCUT2D eigenvalue weighted by atomic mass is 10.1. The number of anilines is 1. The fourth-order valence-corrected chi connectivity index (χ4v) is 3.93. The Morgan fingerprint density at radius 1 is 1.04 bits per heavy atom. The number of nitrogens with two attached hydrogens (primary N) is 1. The molecule has 0 radical (unpaired) electrons. The Balaban J connectivity index is 1.55. The van der Waals surface area contributed by atoms with Gasteiger partial charge in [0.05, 0.1) is 16.8 Å². The number of nitrogens with zero attached hydrogens (tertiary/aromatic N) is 2. The number of hydrogen-bond donors (Lipinski definition) is 2. The number of imide groups is 1. The van der Waals surface area contributed by atoms with Gasteiger partial charge in [-0.15, -0.1) is 11.8 Å². The van der Waals surface area contributed by atoms with Gasteiger partial charge in [-0.2, -0.15) is 0 Å². The third-order valence-corrected chi connectivity index (χ3v) is 5.42. The first-order valence-corrected chi connectivity index (χ1v) is 9.57. The van der Waals surface area contributed by atoms with Crippen molar-refractivity contribution in [1.82, 2.24) is 14.9 Å². The molecule has 0 bridgehead atoms. The summed E-state index contributed by atoms with van der Waals surface area (Å²) in [5.41, 5.74) is 7.21. The minimum Gasteiger partial charge on any atom is -0.384 e. The van der Waals surface area contributed by atoms with Gasteiger partial charge in [-0.05, 0) is 42.8 Å². The molecule has 0 saturated heterocycles. The Kier molecular flexibility index (Phi) is 4.70. The number of fused-ring (bicyclic) bond motifs is 1. The highest BCUT2D eigenvalue weighted by Gasteiger charge is 2.31. The van der Waals surface area contributed by atoms with Crippen LogP contribution >= 0.6 is 11.8 Å². The monoisotopic (exact) mass is 392 g/mol. The molecule has 3 aromatic rings. The van der Waals surface area contributed by atoms with Gasteiger partial charge in [-0.3, -0.25) is 29.3 Å². The van der Waals surface area contributed by atoms with Crippen molar-refractivity contribution in [3.05, 3.63) is 81.9 Å². The minimum absolute atomic E-state index is 0.0189. The topological polar surface area (TPSA) is 107 Å². The normalized spacial score (nSPS) is 12.7. The number of aryl methyl sites for hydroxylation is 1. The Labute approximate surface area is 164 Å². The number of nitrogens with one attached hydrogen (secondary N) is 1. The number of nitrogen functional groups attached to an aromatic ring is 1. The van der Waals surface area contributed by atoms with Gasteiger partial charge in [0, 0.05) is 28.6 Å². The van der Waals surface area contributed by atoms with E-state index in [1.165, 1.54) is 4.57 Å². The molecular formula is C20H16N4O3S. The van der Waals surface area contributed by atoms with E-state index in [4.69, 9.17) is 5.73 Å². The van der Waals surface area contributed by atoms with Crippen LogP contribution in [0.15, 0.2) is 64.4 Å². The maximum atomic E-state index is 12.4. The maximum Gasteiger partial charge on any atom is 0.262 e. The average molecular weight is 392 g/mol. The molecule has 1 aliphatic heterocycles. The predicted molar refractivity (Wildman–Crippen MR) is 107 cm³/mol. The van der Waals surface area contributed by atoms with E-state index in [1.807, 2.05) is 30.3 Å². The molecule has 8 heteroatoms. The summed E-state index contributed by atoms with van der Waals surface area (Å²) in [5.74, 6) is -0.357. The van der Waals surface area contributed by atoms with Crippen LogP contribution in [0.3, 0.4) is 0 Å². The fraction of sp³-hybridized carbons (Fsp3) is 0.100. The molecule has 7 nitrogen and oxygen atoms in total. The molecule has 0 saturated carbocycles. The number of aromatic nitrogens is 2. The van der Waals surface area contributed by atoms with Crippen molar-refractivity contribution in [1.29, 1.82) is 0 Å². The first kappa shape index (κ1) is 18.0. The second-order valence-corrected chi connectivity index (χ2v) is 7.36. The van der Waals surface area contributed by atoms with Crippen molar-refractivity contribution in [2.75, 3.05) is 11.5 Å². The van der Waals surface area contributed by atoms with Gasteiger partial charge >= 0.3 is 0 Å². The molecule has 0 aliphatic carbocycles. The smallest absolute Gasteiger partial charge is 0.262 e. The maximum absolute atomic E-state index is 12.4. The molecule has 0 fully saturated rings. The molecule has 3 heterocycles. The number of hydrogen-bond acceptors (Lipinski definition) is 6. The van der Waals surface area contributed by atoms with Gasteiger partial charge in [0.2, 0.25) is 0 Å². The summed E-state index contributed by atoms with van der Waals surface area (Å²) >= 11 is 1.68. The number of pyridine rings is 2. The zero-order valence-electron chi connectivity index (χ0n) is 14.7. The van der Waals surface area contributed by atoms with Crippen molar-refractivity contribution in [3.8, 4) is 5.69 Å². The largest absolute Gasteiger partial charge is 0.384 e. The quantitative estimate of drug-likeness (QED) is 0.508. The molecule has 1 aliphatic rings. The van der Waals surface area contributed by atoms with E-state index in [2.05, 4.69) is 10.3 Å². The van der Waals surface area contributed by atoms with E-state index in [1.54, 1.807) is 30.1 Å². The first-order chi connectivity index (χ1) is 13.5. The number of rotatable bonds is 5. The van der Waals surface area contributed by atoms with Crippen molar-refractivity contribution in [3.63, 3.8) is 0 Å². The predicted octanol–water partition coefficient (Wildman–Crippen LogP) is 2.03. The Bertz CT molecular complexity index is 1120.